The minimum Gasteiger partial charge on any atom is -0.377 e. The Kier molecular flexibility index (Phi) is 4.39. The van der Waals surface area contributed by atoms with Crippen LogP contribution in [0.5, 0.6) is 0 Å². The lowest BCUT2D eigenvalue weighted by Gasteiger charge is -2.47. The smallest absolute Gasteiger partial charge is 0.101 e. The molecule has 2 aliphatic rings. The second-order valence-electron chi connectivity index (χ2n) is 7.13. The van der Waals surface area contributed by atoms with Crippen LogP contribution in [0, 0.1) is 12.8 Å². The summed E-state index contributed by atoms with van der Waals surface area (Å²) in [5.41, 5.74) is 10.6. The van der Waals surface area contributed by atoms with Crippen molar-refractivity contribution in [2.75, 3.05) is 32.8 Å². The standard InChI is InChI=1S/C17H27BN2O/c1-13-6-14(4-5-18)2-3-16(13)7-15-8-20(9-15)10-17(19)11-21-12-17/h2-3,6,15H,4-5,7-12,18-19H2,1H3. The van der Waals surface area contributed by atoms with Crippen LogP contribution in [-0.2, 0) is 17.6 Å². The van der Waals surface area contributed by atoms with E-state index in [0.29, 0.717) is 0 Å². The first-order valence-corrected chi connectivity index (χ1v) is 8.25. The summed E-state index contributed by atoms with van der Waals surface area (Å²) in [6.45, 7) is 7.09. The fraction of sp³-hybridized carbons (Fsp3) is 0.647. The third-order valence-corrected chi connectivity index (χ3v) is 4.80. The summed E-state index contributed by atoms with van der Waals surface area (Å²) < 4.78 is 5.22. The van der Waals surface area contributed by atoms with E-state index in [-0.39, 0.29) is 5.54 Å². The number of hydrogen-bond donors (Lipinski definition) is 1. The highest BCUT2D eigenvalue weighted by Crippen LogP contribution is 2.26. The van der Waals surface area contributed by atoms with Gasteiger partial charge < -0.3 is 15.4 Å². The average Bonchev–Trinajstić information content (AvgIpc) is 2.37. The fourth-order valence-electron chi connectivity index (χ4n) is 3.58. The van der Waals surface area contributed by atoms with Crippen molar-refractivity contribution in [2.24, 2.45) is 11.7 Å². The van der Waals surface area contributed by atoms with E-state index in [1.807, 2.05) is 0 Å². The number of aryl methyl sites for hydroxylation is 2. The molecule has 114 valence electrons. The molecule has 3 rings (SSSR count). The molecule has 0 bridgehead atoms. The summed E-state index contributed by atoms with van der Waals surface area (Å²) in [5.74, 6) is 0.797. The topological polar surface area (TPSA) is 38.5 Å². The molecule has 2 aliphatic heterocycles. The molecule has 0 saturated carbocycles. The van der Waals surface area contributed by atoms with E-state index in [2.05, 4.69) is 37.9 Å². The van der Waals surface area contributed by atoms with Crippen molar-refractivity contribution in [1.29, 1.82) is 0 Å². The first-order chi connectivity index (χ1) is 10.1. The number of hydrogen-bond acceptors (Lipinski definition) is 3. The molecule has 0 unspecified atom stereocenters. The molecule has 2 N–H and O–H groups in total. The molecule has 2 fully saturated rings. The molecule has 1 aromatic carbocycles. The third kappa shape index (κ3) is 3.50. The summed E-state index contributed by atoms with van der Waals surface area (Å²) in [6.07, 6.45) is 3.63. The Labute approximate surface area is 129 Å². The molecule has 0 radical (unpaired) electrons. The number of ether oxygens (including phenoxy) is 1. The van der Waals surface area contributed by atoms with Crippen molar-refractivity contribution in [3.05, 3.63) is 34.9 Å². The molecule has 0 atom stereocenters. The number of nitrogens with zero attached hydrogens (tertiary/aromatic N) is 1. The van der Waals surface area contributed by atoms with Gasteiger partial charge in [0.15, 0.2) is 0 Å². The van der Waals surface area contributed by atoms with Gasteiger partial charge in [-0.15, -0.1) is 0 Å². The lowest BCUT2D eigenvalue weighted by Crippen LogP contribution is -2.66. The second kappa shape index (κ2) is 6.11. The molecule has 1 aromatic rings. The van der Waals surface area contributed by atoms with Crippen molar-refractivity contribution in [1.82, 2.24) is 4.90 Å². The molecule has 0 amide bonds. The van der Waals surface area contributed by atoms with Gasteiger partial charge in [-0.3, -0.25) is 0 Å². The van der Waals surface area contributed by atoms with E-state index in [0.717, 1.165) is 25.7 Å². The molecule has 21 heavy (non-hydrogen) atoms. The SMILES string of the molecule is BCCc1ccc(CC2CN(CC3(N)COC3)C2)c(C)c1. The van der Waals surface area contributed by atoms with Gasteiger partial charge in [0, 0.05) is 19.6 Å². The Bertz CT molecular complexity index is 496. The Morgan fingerprint density at radius 1 is 1.38 bits per heavy atom. The summed E-state index contributed by atoms with van der Waals surface area (Å²) in [4.78, 5) is 2.48. The van der Waals surface area contributed by atoms with Crippen LogP contribution in [0.15, 0.2) is 18.2 Å². The summed E-state index contributed by atoms with van der Waals surface area (Å²) in [5, 5.41) is 0. The van der Waals surface area contributed by atoms with Crippen LogP contribution in [0.4, 0.5) is 0 Å². The van der Waals surface area contributed by atoms with Crippen LogP contribution in [0.2, 0.25) is 6.32 Å². The number of benzene rings is 1. The van der Waals surface area contributed by atoms with Crippen molar-refractivity contribution in [2.45, 2.75) is 31.6 Å². The molecule has 0 aromatic heterocycles. The molecule has 2 heterocycles. The maximum Gasteiger partial charge on any atom is 0.101 e. The van der Waals surface area contributed by atoms with Crippen LogP contribution in [0.1, 0.15) is 16.7 Å². The van der Waals surface area contributed by atoms with Crippen LogP contribution >= 0.6 is 0 Å². The lowest BCUT2D eigenvalue weighted by molar-refractivity contribution is -0.0808. The van der Waals surface area contributed by atoms with Gasteiger partial charge in [-0.1, -0.05) is 24.5 Å². The first kappa shape index (κ1) is 15.1. The molecular formula is C17H27BN2O. The third-order valence-electron chi connectivity index (χ3n) is 4.80. The molecule has 4 heteroatoms. The molecule has 0 spiro atoms. The van der Waals surface area contributed by atoms with Gasteiger partial charge in [0.05, 0.1) is 18.8 Å². The lowest BCUT2D eigenvalue weighted by atomic mass is 9.87. The Morgan fingerprint density at radius 3 is 2.71 bits per heavy atom. The minimum absolute atomic E-state index is 0.0668. The second-order valence-corrected chi connectivity index (χ2v) is 7.13. The monoisotopic (exact) mass is 286 g/mol. The summed E-state index contributed by atoms with van der Waals surface area (Å²) >= 11 is 0. The largest absolute Gasteiger partial charge is 0.377 e. The quantitative estimate of drug-likeness (QED) is 0.786. The maximum absolute atomic E-state index is 6.21. The van der Waals surface area contributed by atoms with E-state index in [1.54, 1.807) is 0 Å². The predicted octanol–water partition coefficient (Wildman–Crippen LogP) is 0.791. The fourth-order valence-corrected chi connectivity index (χ4v) is 3.58. The molecular weight excluding hydrogens is 259 g/mol. The number of rotatable bonds is 6. The van der Waals surface area contributed by atoms with Gasteiger partial charge in [0.2, 0.25) is 0 Å². The zero-order chi connectivity index (χ0) is 14.9. The Hall–Kier alpha value is -0.835. The van der Waals surface area contributed by atoms with Crippen LogP contribution in [-0.4, -0.2) is 51.1 Å². The molecule has 0 aliphatic carbocycles. The van der Waals surface area contributed by atoms with E-state index >= 15 is 0 Å². The van der Waals surface area contributed by atoms with E-state index < -0.39 is 0 Å². The van der Waals surface area contributed by atoms with Crippen molar-refractivity contribution in [3.63, 3.8) is 0 Å². The normalized spacial score (nSPS) is 21.8. The highest BCUT2D eigenvalue weighted by Gasteiger charge is 2.39. The minimum atomic E-state index is -0.0668. The number of nitrogens with two attached hydrogens (primary N) is 1. The zero-order valence-electron chi connectivity index (χ0n) is 13.4. The van der Waals surface area contributed by atoms with Gasteiger partial charge in [0.25, 0.3) is 0 Å². The molecule has 3 nitrogen and oxygen atoms in total. The van der Waals surface area contributed by atoms with Crippen LogP contribution < -0.4 is 5.73 Å². The zero-order valence-corrected chi connectivity index (χ0v) is 13.4. The number of likely N-dealkylation sites (tertiary alicyclic amines) is 1. The van der Waals surface area contributed by atoms with Gasteiger partial charge >= 0.3 is 0 Å². The highest BCUT2D eigenvalue weighted by atomic mass is 16.5. The highest BCUT2D eigenvalue weighted by molar-refractivity contribution is 6.08. The van der Waals surface area contributed by atoms with Crippen LogP contribution in [0.25, 0.3) is 0 Å². The summed E-state index contributed by atoms with van der Waals surface area (Å²) in [6, 6.07) is 7.02. The first-order valence-electron chi connectivity index (χ1n) is 8.25. The average molecular weight is 286 g/mol. The maximum atomic E-state index is 6.21. The predicted molar refractivity (Wildman–Crippen MR) is 89.6 cm³/mol. The van der Waals surface area contributed by atoms with Gasteiger partial charge in [-0.2, -0.15) is 0 Å². The Morgan fingerprint density at radius 2 is 2.14 bits per heavy atom. The van der Waals surface area contributed by atoms with Crippen molar-refractivity contribution in [3.8, 4) is 0 Å². The van der Waals surface area contributed by atoms with Gasteiger partial charge in [0.1, 0.15) is 7.85 Å². The Balaban J connectivity index is 1.48. The van der Waals surface area contributed by atoms with E-state index in [4.69, 9.17) is 10.5 Å². The van der Waals surface area contributed by atoms with E-state index in [1.165, 1.54) is 48.9 Å². The van der Waals surface area contributed by atoms with Crippen LogP contribution in [0.3, 0.4) is 0 Å². The van der Waals surface area contributed by atoms with Crippen molar-refractivity contribution >= 4 is 7.85 Å². The van der Waals surface area contributed by atoms with Gasteiger partial charge in [-0.25, -0.2) is 0 Å². The van der Waals surface area contributed by atoms with Crippen molar-refractivity contribution < 1.29 is 4.74 Å². The van der Waals surface area contributed by atoms with Gasteiger partial charge in [-0.05, 0) is 42.4 Å². The van der Waals surface area contributed by atoms with E-state index in [9.17, 15) is 0 Å². The summed E-state index contributed by atoms with van der Waals surface area (Å²) in [7, 11) is 2.24. The molecule has 2 saturated heterocycles.